The molecular weight excluding hydrogens is 244 g/mol. The predicted molar refractivity (Wildman–Crippen MR) is 67.3 cm³/mol. The summed E-state index contributed by atoms with van der Waals surface area (Å²) in [7, 11) is 0. The van der Waals surface area contributed by atoms with Gasteiger partial charge in [0.1, 0.15) is 11.7 Å². The summed E-state index contributed by atoms with van der Waals surface area (Å²) in [6.45, 7) is 8.14. The van der Waals surface area contributed by atoms with Crippen LogP contribution in [0.5, 0.6) is 0 Å². The van der Waals surface area contributed by atoms with Crippen molar-refractivity contribution in [1.29, 1.82) is 0 Å². The molecule has 4 rings (SSSR count). The van der Waals surface area contributed by atoms with Gasteiger partial charge in [-0.2, -0.15) is 0 Å². The summed E-state index contributed by atoms with van der Waals surface area (Å²) in [5.74, 6) is -0.0186. The van der Waals surface area contributed by atoms with E-state index in [1.807, 2.05) is 13.8 Å². The Morgan fingerprint density at radius 2 is 1.95 bits per heavy atom. The number of Topliss-reactive ketones (excluding diaryl/α,β-unsaturated/α-hetero) is 1. The minimum atomic E-state index is -1.10. The molecule has 0 unspecified atom stereocenters. The summed E-state index contributed by atoms with van der Waals surface area (Å²) in [6.07, 6.45) is -0.984. The summed E-state index contributed by atoms with van der Waals surface area (Å²) in [4.78, 5) is 12.6. The fraction of sp³-hybridized carbons (Fsp3) is 0.933. The van der Waals surface area contributed by atoms with E-state index in [2.05, 4.69) is 13.8 Å². The second-order valence-electron chi connectivity index (χ2n) is 7.97. The number of ketones is 1. The van der Waals surface area contributed by atoms with Gasteiger partial charge in [0.05, 0.1) is 17.6 Å². The summed E-state index contributed by atoms with van der Waals surface area (Å²) in [5, 5.41) is 21.5. The summed E-state index contributed by atoms with van der Waals surface area (Å²) >= 11 is 0. The highest BCUT2D eigenvalue weighted by Gasteiger charge is 2.84. The fourth-order valence-electron chi connectivity index (χ4n) is 5.91. The minimum absolute atomic E-state index is 0.109. The number of aliphatic hydroxyl groups excluding tert-OH is 1. The third kappa shape index (κ3) is 0.930. The smallest absolute Gasteiger partial charge is 0.173 e. The van der Waals surface area contributed by atoms with Crippen molar-refractivity contribution in [3.05, 3.63) is 0 Å². The minimum Gasteiger partial charge on any atom is -0.386 e. The molecule has 1 aliphatic heterocycles. The molecule has 3 aliphatic carbocycles. The van der Waals surface area contributed by atoms with Crippen molar-refractivity contribution < 1.29 is 19.7 Å². The van der Waals surface area contributed by atoms with E-state index in [0.29, 0.717) is 0 Å². The monoisotopic (exact) mass is 266 g/mol. The van der Waals surface area contributed by atoms with Gasteiger partial charge < -0.3 is 14.9 Å². The Labute approximate surface area is 113 Å². The average molecular weight is 266 g/mol. The van der Waals surface area contributed by atoms with Crippen LogP contribution < -0.4 is 0 Å². The van der Waals surface area contributed by atoms with Gasteiger partial charge in [0, 0.05) is 5.92 Å². The van der Waals surface area contributed by atoms with Gasteiger partial charge in [0.15, 0.2) is 5.78 Å². The average Bonchev–Trinajstić information content (AvgIpc) is 2.65. The lowest BCUT2D eigenvalue weighted by Gasteiger charge is -2.56. The molecule has 4 heteroatoms. The Bertz CT molecular complexity index is 487. The number of fused-ring (bicyclic) bond motifs is 4. The number of hydrogen-bond acceptors (Lipinski definition) is 4. The molecule has 4 nitrogen and oxygen atoms in total. The van der Waals surface area contributed by atoms with E-state index < -0.39 is 23.2 Å². The second-order valence-corrected chi connectivity index (χ2v) is 7.97. The maximum atomic E-state index is 12.6. The van der Waals surface area contributed by atoms with Crippen molar-refractivity contribution in [2.75, 3.05) is 0 Å². The molecule has 0 radical (unpaired) electrons. The van der Waals surface area contributed by atoms with Crippen molar-refractivity contribution in [3.8, 4) is 0 Å². The SMILES string of the molecule is C[C@@H]1[C@@H]2O[C@H]3[C@H]4[C@H](CC4(C)C)[C@](C)(C(=O)[C@H]2O)[C@@]13O. The van der Waals surface area contributed by atoms with Gasteiger partial charge >= 0.3 is 0 Å². The van der Waals surface area contributed by atoms with Crippen LogP contribution in [0.4, 0.5) is 0 Å². The van der Waals surface area contributed by atoms with Crippen LogP contribution in [0.1, 0.15) is 34.1 Å². The van der Waals surface area contributed by atoms with Gasteiger partial charge in [0.25, 0.3) is 0 Å². The highest BCUT2D eigenvalue weighted by atomic mass is 16.5. The second kappa shape index (κ2) is 2.92. The standard InChI is InChI=1S/C15H22O4/c1-6-10-9(16)11(17)14(4)7-5-13(2,3)8(7)12(19-10)15(6,14)18/h6-10,12,16,18H,5H2,1-4H3/t6-,7+,8-,9+,10+,12+,14-,15-/m1/s1. The first-order valence-corrected chi connectivity index (χ1v) is 7.27. The van der Waals surface area contributed by atoms with E-state index in [0.717, 1.165) is 6.42 Å². The fourth-order valence-corrected chi connectivity index (χ4v) is 5.91. The van der Waals surface area contributed by atoms with E-state index in [-0.39, 0.29) is 35.1 Å². The van der Waals surface area contributed by atoms with Crippen LogP contribution in [0.15, 0.2) is 0 Å². The van der Waals surface area contributed by atoms with Gasteiger partial charge in [-0.05, 0) is 30.6 Å². The van der Waals surface area contributed by atoms with E-state index in [1.54, 1.807) is 0 Å². The molecule has 106 valence electrons. The molecule has 1 saturated heterocycles. The van der Waals surface area contributed by atoms with E-state index in [9.17, 15) is 15.0 Å². The molecule has 4 fully saturated rings. The van der Waals surface area contributed by atoms with Crippen molar-refractivity contribution in [2.24, 2.45) is 28.6 Å². The zero-order chi connectivity index (χ0) is 14.0. The molecule has 8 atom stereocenters. The van der Waals surface area contributed by atoms with Gasteiger partial charge in [-0.1, -0.05) is 20.8 Å². The maximum Gasteiger partial charge on any atom is 0.173 e. The Hall–Kier alpha value is -0.450. The highest BCUT2D eigenvalue weighted by molar-refractivity contribution is 5.93. The Morgan fingerprint density at radius 3 is 2.53 bits per heavy atom. The van der Waals surface area contributed by atoms with Crippen LogP contribution >= 0.6 is 0 Å². The Balaban J connectivity index is 1.93. The van der Waals surface area contributed by atoms with Gasteiger partial charge in [0.2, 0.25) is 0 Å². The number of carbonyl (C=O) groups is 1. The lowest BCUT2D eigenvalue weighted by Crippen LogP contribution is -2.65. The van der Waals surface area contributed by atoms with Crippen LogP contribution in [0.2, 0.25) is 0 Å². The molecule has 19 heavy (non-hydrogen) atoms. The quantitative estimate of drug-likeness (QED) is 0.679. The number of aliphatic hydroxyl groups is 2. The first-order chi connectivity index (χ1) is 8.67. The third-order valence-electron chi connectivity index (χ3n) is 7.00. The van der Waals surface area contributed by atoms with Gasteiger partial charge in [-0.3, -0.25) is 4.79 Å². The van der Waals surface area contributed by atoms with Crippen molar-refractivity contribution in [1.82, 2.24) is 0 Å². The normalized spacial score (nSPS) is 64.8. The van der Waals surface area contributed by atoms with Crippen LogP contribution in [0.3, 0.4) is 0 Å². The van der Waals surface area contributed by atoms with Crippen molar-refractivity contribution in [2.45, 2.75) is 58.0 Å². The number of rotatable bonds is 0. The van der Waals surface area contributed by atoms with Crippen molar-refractivity contribution in [3.63, 3.8) is 0 Å². The molecular formula is C15H22O4. The van der Waals surface area contributed by atoms with Crippen molar-refractivity contribution >= 4 is 5.78 Å². The predicted octanol–water partition coefficient (Wildman–Crippen LogP) is 0.747. The van der Waals surface area contributed by atoms with Crippen LogP contribution in [0, 0.1) is 28.6 Å². The molecule has 0 aromatic carbocycles. The van der Waals surface area contributed by atoms with Gasteiger partial charge in [-0.25, -0.2) is 0 Å². The molecule has 0 aromatic heterocycles. The lowest BCUT2D eigenvalue weighted by molar-refractivity contribution is -0.188. The first-order valence-electron chi connectivity index (χ1n) is 7.27. The van der Waals surface area contributed by atoms with Crippen LogP contribution in [0.25, 0.3) is 0 Å². The number of ether oxygens (including phenoxy) is 1. The maximum absolute atomic E-state index is 12.6. The highest BCUT2D eigenvalue weighted by Crippen LogP contribution is 2.75. The molecule has 4 aliphatic rings. The Kier molecular flexibility index (Phi) is 1.89. The van der Waals surface area contributed by atoms with E-state index in [1.165, 1.54) is 0 Å². The zero-order valence-electron chi connectivity index (χ0n) is 11.9. The molecule has 2 bridgehead atoms. The lowest BCUT2D eigenvalue weighted by atomic mass is 9.49. The van der Waals surface area contributed by atoms with Crippen LogP contribution in [-0.4, -0.2) is 39.9 Å². The van der Waals surface area contributed by atoms with E-state index >= 15 is 0 Å². The molecule has 2 N–H and O–H groups in total. The molecule has 3 saturated carbocycles. The molecule has 1 heterocycles. The molecule has 0 amide bonds. The first kappa shape index (κ1) is 12.3. The zero-order valence-corrected chi connectivity index (χ0v) is 11.9. The Morgan fingerprint density at radius 1 is 1.32 bits per heavy atom. The number of carbonyl (C=O) groups excluding carboxylic acids is 1. The summed E-state index contributed by atoms with van der Waals surface area (Å²) in [5.41, 5.74) is -1.83. The molecule has 0 aromatic rings. The number of hydrogen-bond donors (Lipinski definition) is 2. The molecule has 0 spiro atoms. The topological polar surface area (TPSA) is 66.8 Å². The van der Waals surface area contributed by atoms with Gasteiger partial charge in [-0.15, -0.1) is 0 Å². The summed E-state index contributed by atoms with van der Waals surface area (Å²) in [6, 6.07) is 0. The summed E-state index contributed by atoms with van der Waals surface area (Å²) < 4.78 is 5.99. The third-order valence-corrected chi connectivity index (χ3v) is 7.00. The largest absolute Gasteiger partial charge is 0.386 e. The van der Waals surface area contributed by atoms with Crippen LogP contribution in [-0.2, 0) is 9.53 Å². The van der Waals surface area contributed by atoms with E-state index in [4.69, 9.17) is 4.74 Å².